The molecule has 1 fully saturated rings. The lowest BCUT2D eigenvalue weighted by Crippen LogP contribution is -2.36. The normalized spacial score (nSPS) is 14.0. The fourth-order valence-corrected chi connectivity index (χ4v) is 3.70. The summed E-state index contributed by atoms with van der Waals surface area (Å²) in [5.74, 6) is 0.529. The summed E-state index contributed by atoms with van der Waals surface area (Å²) in [6.45, 7) is 2.63. The number of nitrogens with zero attached hydrogens (tertiary/aromatic N) is 4. The lowest BCUT2D eigenvalue weighted by atomic mass is 10.1. The third kappa shape index (κ3) is 3.06. The smallest absolute Gasteiger partial charge is 0.279 e. The Bertz CT molecular complexity index is 1010. The van der Waals surface area contributed by atoms with Crippen LogP contribution in [-0.2, 0) is 4.74 Å². The lowest BCUT2D eigenvalue weighted by molar-refractivity contribution is 0.122. The molecule has 1 saturated heterocycles. The van der Waals surface area contributed by atoms with Crippen LogP contribution in [0.25, 0.3) is 10.2 Å². The average molecular weight is 362 g/mol. The van der Waals surface area contributed by atoms with E-state index >= 15 is 0 Å². The van der Waals surface area contributed by atoms with Crippen LogP contribution in [-0.4, -0.2) is 31.3 Å². The Hall–Kier alpha value is -3.13. The van der Waals surface area contributed by atoms with Crippen molar-refractivity contribution in [1.29, 1.82) is 10.5 Å². The van der Waals surface area contributed by atoms with Crippen LogP contribution in [0.15, 0.2) is 36.4 Å². The van der Waals surface area contributed by atoms with E-state index in [-0.39, 0.29) is 0 Å². The Morgan fingerprint density at radius 1 is 1.08 bits per heavy atom. The van der Waals surface area contributed by atoms with Gasteiger partial charge in [0.25, 0.3) is 5.19 Å². The van der Waals surface area contributed by atoms with E-state index in [1.165, 1.54) is 11.3 Å². The van der Waals surface area contributed by atoms with Gasteiger partial charge in [-0.25, -0.2) is 4.98 Å². The minimum absolute atomic E-state index is 0.292. The quantitative estimate of drug-likeness (QED) is 0.707. The van der Waals surface area contributed by atoms with E-state index in [9.17, 15) is 10.5 Å². The molecule has 0 amide bonds. The molecule has 0 N–H and O–H groups in total. The number of anilines is 1. The summed E-state index contributed by atoms with van der Waals surface area (Å²) in [5, 5.41) is 19.2. The Morgan fingerprint density at radius 3 is 2.54 bits per heavy atom. The van der Waals surface area contributed by atoms with Crippen molar-refractivity contribution in [3.8, 4) is 23.1 Å². The number of fused-ring (bicyclic) bond motifs is 1. The first-order valence-corrected chi connectivity index (χ1v) is 8.94. The summed E-state index contributed by atoms with van der Waals surface area (Å²) in [6.07, 6.45) is 0. The van der Waals surface area contributed by atoms with Crippen molar-refractivity contribution < 1.29 is 9.47 Å². The summed E-state index contributed by atoms with van der Waals surface area (Å²) in [6, 6.07) is 15.3. The first-order chi connectivity index (χ1) is 12.8. The number of para-hydroxylation sites is 1. The minimum Gasteiger partial charge on any atom is -0.429 e. The molecule has 0 bridgehead atoms. The van der Waals surface area contributed by atoms with Crippen LogP contribution in [0.1, 0.15) is 11.1 Å². The van der Waals surface area contributed by atoms with E-state index in [0.717, 1.165) is 15.9 Å². The highest BCUT2D eigenvalue weighted by Gasteiger charge is 2.20. The number of benzene rings is 2. The van der Waals surface area contributed by atoms with Crippen LogP contribution in [0, 0.1) is 22.7 Å². The van der Waals surface area contributed by atoms with E-state index in [1.54, 1.807) is 12.1 Å². The third-order valence-electron chi connectivity index (χ3n) is 4.16. The number of morpholine rings is 1. The van der Waals surface area contributed by atoms with Crippen molar-refractivity contribution in [2.24, 2.45) is 0 Å². The molecule has 0 saturated carbocycles. The number of nitriles is 2. The number of hydrogen-bond donors (Lipinski definition) is 0. The highest BCUT2D eigenvalue weighted by molar-refractivity contribution is 7.20. The Balaban J connectivity index is 1.77. The highest BCUT2D eigenvalue weighted by atomic mass is 32.1. The lowest BCUT2D eigenvalue weighted by Gasteiger charge is -2.30. The molecule has 0 atom stereocenters. The maximum Gasteiger partial charge on any atom is 0.279 e. The van der Waals surface area contributed by atoms with Crippen molar-refractivity contribution in [1.82, 2.24) is 4.98 Å². The molecule has 1 aliphatic rings. The number of ether oxygens (including phenoxy) is 2. The number of hydrogen-bond acceptors (Lipinski definition) is 7. The van der Waals surface area contributed by atoms with Gasteiger partial charge >= 0.3 is 0 Å². The Kier molecular flexibility index (Phi) is 4.40. The van der Waals surface area contributed by atoms with Gasteiger partial charge in [0.1, 0.15) is 12.1 Å². The first kappa shape index (κ1) is 16.3. The molecular formula is C19H14N4O2S. The number of thiazole rings is 1. The molecule has 1 aliphatic heterocycles. The van der Waals surface area contributed by atoms with E-state index in [2.05, 4.69) is 22.0 Å². The van der Waals surface area contributed by atoms with Gasteiger partial charge < -0.3 is 14.4 Å². The second kappa shape index (κ2) is 7.01. The molecule has 7 heteroatoms. The van der Waals surface area contributed by atoms with Gasteiger partial charge in [-0.2, -0.15) is 10.5 Å². The van der Waals surface area contributed by atoms with Gasteiger partial charge in [-0.1, -0.05) is 23.5 Å². The predicted octanol–water partition coefficient (Wildman–Crippen LogP) is 3.67. The second-order valence-corrected chi connectivity index (χ2v) is 6.73. The fraction of sp³-hybridized carbons (Fsp3) is 0.211. The largest absolute Gasteiger partial charge is 0.429 e. The summed E-state index contributed by atoms with van der Waals surface area (Å²) in [5.41, 5.74) is 2.28. The molecule has 128 valence electrons. The zero-order valence-corrected chi connectivity index (χ0v) is 14.6. The van der Waals surface area contributed by atoms with Crippen molar-refractivity contribution in [2.45, 2.75) is 0 Å². The van der Waals surface area contributed by atoms with Crippen LogP contribution in [0.3, 0.4) is 0 Å². The van der Waals surface area contributed by atoms with Gasteiger partial charge in [0, 0.05) is 19.2 Å². The minimum atomic E-state index is 0.292. The summed E-state index contributed by atoms with van der Waals surface area (Å²) < 4.78 is 12.5. The van der Waals surface area contributed by atoms with Crippen molar-refractivity contribution in [2.75, 3.05) is 31.2 Å². The molecule has 1 aromatic heterocycles. The molecule has 3 aromatic rings. The van der Waals surface area contributed by atoms with Gasteiger partial charge in [0.2, 0.25) is 0 Å². The molecule has 6 nitrogen and oxygen atoms in total. The Morgan fingerprint density at radius 2 is 1.81 bits per heavy atom. The molecule has 0 radical (unpaired) electrons. The zero-order chi connectivity index (χ0) is 17.9. The molecule has 26 heavy (non-hydrogen) atoms. The van der Waals surface area contributed by atoms with Gasteiger partial charge in [-0.15, -0.1) is 0 Å². The molecule has 0 unspecified atom stereocenters. The molecule has 4 rings (SSSR count). The van der Waals surface area contributed by atoms with E-state index < -0.39 is 0 Å². The van der Waals surface area contributed by atoms with Gasteiger partial charge in [0.15, 0.2) is 5.75 Å². The van der Waals surface area contributed by atoms with Crippen molar-refractivity contribution in [3.63, 3.8) is 0 Å². The van der Waals surface area contributed by atoms with Crippen molar-refractivity contribution in [3.05, 3.63) is 47.5 Å². The third-order valence-corrected chi connectivity index (χ3v) is 5.08. The molecule has 0 spiro atoms. The first-order valence-electron chi connectivity index (χ1n) is 8.13. The maximum absolute atomic E-state index is 9.35. The number of aromatic nitrogens is 1. The molecule has 2 heterocycles. The van der Waals surface area contributed by atoms with Crippen LogP contribution in [0.5, 0.6) is 10.9 Å². The predicted molar refractivity (Wildman–Crippen MR) is 98.6 cm³/mol. The van der Waals surface area contributed by atoms with E-state index in [0.29, 0.717) is 48.4 Å². The van der Waals surface area contributed by atoms with Crippen LogP contribution in [0.2, 0.25) is 0 Å². The summed E-state index contributed by atoms with van der Waals surface area (Å²) >= 11 is 1.45. The van der Waals surface area contributed by atoms with E-state index in [4.69, 9.17) is 9.47 Å². The van der Waals surface area contributed by atoms with Crippen LogP contribution < -0.4 is 9.64 Å². The van der Waals surface area contributed by atoms with Gasteiger partial charge in [0.05, 0.1) is 40.2 Å². The van der Waals surface area contributed by atoms with Gasteiger partial charge in [-0.3, -0.25) is 0 Å². The summed E-state index contributed by atoms with van der Waals surface area (Å²) in [4.78, 5) is 6.60. The van der Waals surface area contributed by atoms with Crippen molar-refractivity contribution >= 4 is 27.2 Å². The standard InChI is InChI=1S/C19H14N4O2S/c20-11-13-9-16(23-5-7-24-8-6-23)17(10-14(13)12-21)25-19-22-15-3-1-2-4-18(15)26-19/h1-4,9-10H,5-8H2. The summed E-state index contributed by atoms with van der Waals surface area (Å²) in [7, 11) is 0. The van der Waals surface area contributed by atoms with Crippen LogP contribution >= 0.6 is 11.3 Å². The van der Waals surface area contributed by atoms with Crippen LogP contribution in [0.4, 0.5) is 5.69 Å². The fourth-order valence-electron chi connectivity index (χ4n) is 2.88. The zero-order valence-electron chi connectivity index (χ0n) is 13.8. The SMILES string of the molecule is N#Cc1cc(Oc2nc3ccccc3s2)c(N2CCOCC2)cc1C#N. The molecular weight excluding hydrogens is 348 g/mol. The monoisotopic (exact) mass is 362 g/mol. The highest BCUT2D eigenvalue weighted by Crippen LogP contribution is 2.38. The Labute approximate surface area is 154 Å². The van der Waals surface area contributed by atoms with Gasteiger partial charge in [-0.05, 0) is 18.2 Å². The number of rotatable bonds is 3. The maximum atomic E-state index is 9.35. The van der Waals surface area contributed by atoms with E-state index in [1.807, 2.05) is 24.3 Å². The molecule has 0 aliphatic carbocycles. The average Bonchev–Trinajstić information content (AvgIpc) is 3.10. The topological polar surface area (TPSA) is 82.2 Å². The second-order valence-electron chi connectivity index (χ2n) is 5.74. The molecule has 2 aromatic carbocycles.